The Balaban J connectivity index is 1.53. The lowest BCUT2D eigenvalue weighted by Crippen LogP contribution is -2.49. The number of hydrogen-bond acceptors (Lipinski definition) is 9. The molecule has 0 spiro atoms. The van der Waals surface area contributed by atoms with Gasteiger partial charge in [-0.2, -0.15) is 0 Å². The van der Waals surface area contributed by atoms with Crippen molar-refractivity contribution in [3.63, 3.8) is 0 Å². The molecule has 1 aliphatic carbocycles. The molecule has 0 radical (unpaired) electrons. The fraction of sp³-hybridized carbons (Fsp3) is 0.483. The summed E-state index contributed by atoms with van der Waals surface area (Å²) in [7, 11) is 4.96. The summed E-state index contributed by atoms with van der Waals surface area (Å²) >= 11 is 1.21. The van der Waals surface area contributed by atoms with Crippen LogP contribution < -0.4 is 19.5 Å². The summed E-state index contributed by atoms with van der Waals surface area (Å²) in [6, 6.07) is 5.48. The number of thiazole rings is 1. The Bertz CT molecular complexity index is 1430. The molecule has 42 heavy (non-hydrogen) atoms. The predicted octanol–water partition coefficient (Wildman–Crippen LogP) is 1.67. The first-order valence-corrected chi connectivity index (χ1v) is 14.4. The van der Waals surface area contributed by atoms with E-state index in [0.717, 1.165) is 12.1 Å². The molecule has 3 aromatic rings. The monoisotopic (exact) mass is 607 g/mol. The number of carboxylic acids is 1. The summed E-state index contributed by atoms with van der Waals surface area (Å²) < 4.78 is 40.5. The molecule has 10 nitrogen and oxygen atoms in total. The fourth-order valence-electron chi connectivity index (χ4n) is 5.61. The number of fused-ring (bicyclic) bond motifs is 2. The number of aliphatic carboxylic acids is 1. The second-order valence-corrected chi connectivity index (χ2v) is 12.0. The van der Waals surface area contributed by atoms with Crippen molar-refractivity contribution in [3.8, 4) is 11.5 Å². The van der Waals surface area contributed by atoms with E-state index in [1.165, 1.54) is 30.4 Å². The van der Waals surface area contributed by atoms with E-state index in [1.807, 2.05) is 7.05 Å². The number of aromatic nitrogens is 1. The van der Waals surface area contributed by atoms with Gasteiger partial charge in [-0.05, 0) is 36.1 Å². The van der Waals surface area contributed by atoms with Crippen molar-refractivity contribution in [2.45, 2.75) is 25.7 Å². The number of halogens is 2. The standard InChI is InChI=1S/C29H35F2N3O7S/c1-33(27(39)29(17-26(37)38)15-18-11-20(30)21(31)12-19(18)16-29)28-32-22-13-24(23(40-3)14-25(22)42-28)41-10-4-5-34(2,6-8-35)7-9-36/h11-14,35-36H,4-10,15-17H2,1-3H3. The minimum atomic E-state index is -1.47. The smallest absolute Gasteiger partial charge is 0.235 e. The van der Waals surface area contributed by atoms with Crippen molar-refractivity contribution in [1.29, 1.82) is 0 Å². The summed E-state index contributed by atoms with van der Waals surface area (Å²) in [6.07, 6.45) is -0.0867. The summed E-state index contributed by atoms with van der Waals surface area (Å²) in [4.78, 5) is 31.4. The zero-order valence-corrected chi connectivity index (χ0v) is 24.6. The largest absolute Gasteiger partial charge is 0.550 e. The number of rotatable bonds is 14. The van der Waals surface area contributed by atoms with Crippen LogP contribution in [0.4, 0.5) is 13.9 Å². The Kier molecular flexibility index (Phi) is 9.66. The Morgan fingerprint density at radius 1 is 1.07 bits per heavy atom. The molecule has 2 N–H and O–H groups in total. The van der Waals surface area contributed by atoms with Crippen LogP contribution in [0.1, 0.15) is 24.0 Å². The second-order valence-electron chi connectivity index (χ2n) is 11.0. The van der Waals surface area contributed by atoms with Gasteiger partial charge in [0.05, 0.1) is 56.2 Å². The number of hydrogen-bond donors (Lipinski definition) is 2. The molecule has 228 valence electrons. The number of amides is 1. The van der Waals surface area contributed by atoms with Gasteiger partial charge in [-0.3, -0.25) is 9.69 Å². The molecule has 1 amide bonds. The quantitative estimate of drug-likeness (QED) is 0.209. The SMILES string of the molecule is COc1cc2sc(N(C)C(=O)C3(CC(=O)[O-])Cc4cc(F)c(F)cc4C3)nc2cc1OCCC[N+](C)(CCO)CCO. The van der Waals surface area contributed by atoms with Crippen molar-refractivity contribution in [2.75, 3.05) is 65.6 Å². The van der Waals surface area contributed by atoms with Crippen molar-refractivity contribution >= 4 is 38.6 Å². The summed E-state index contributed by atoms with van der Waals surface area (Å²) in [6.45, 7) is 2.12. The van der Waals surface area contributed by atoms with Crippen LogP contribution in [0, 0.1) is 17.0 Å². The van der Waals surface area contributed by atoms with Crippen molar-refractivity contribution in [2.24, 2.45) is 5.41 Å². The van der Waals surface area contributed by atoms with E-state index in [0.29, 0.717) is 75.1 Å². The topological polar surface area (TPSA) is 132 Å². The number of benzene rings is 2. The normalized spacial score (nSPS) is 14.2. The zero-order chi connectivity index (χ0) is 30.7. The number of anilines is 1. The van der Waals surface area contributed by atoms with E-state index in [9.17, 15) is 33.7 Å². The van der Waals surface area contributed by atoms with Crippen LogP contribution in [-0.2, 0) is 22.4 Å². The molecule has 2 aromatic carbocycles. The lowest BCUT2D eigenvalue weighted by Gasteiger charge is -2.33. The molecule has 13 heteroatoms. The molecule has 0 bridgehead atoms. The van der Waals surface area contributed by atoms with Gasteiger partial charge in [-0.25, -0.2) is 13.8 Å². The van der Waals surface area contributed by atoms with E-state index in [4.69, 9.17) is 9.47 Å². The Morgan fingerprint density at radius 3 is 2.24 bits per heavy atom. The maximum absolute atomic E-state index is 13.9. The predicted molar refractivity (Wildman–Crippen MR) is 150 cm³/mol. The first kappa shape index (κ1) is 31.5. The van der Waals surface area contributed by atoms with Crippen LogP contribution in [0.2, 0.25) is 0 Å². The van der Waals surface area contributed by atoms with E-state index in [1.54, 1.807) is 12.1 Å². The number of quaternary nitrogens is 1. The summed E-state index contributed by atoms with van der Waals surface area (Å²) in [5.41, 5.74) is -0.155. The first-order chi connectivity index (χ1) is 19.9. The summed E-state index contributed by atoms with van der Waals surface area (Å²) in [5.74, 6) is -3.16. The second kappa shape index (κ2) is 12.9. The maximum atomic E-state index is 13.9. The van der Waals surface area contributed by atoms with E-state index < -0.39 is 35.3 Å². The Labute approximate surface area is 246 Å². The number of carbonyl (C=O) groups excluding carboxylic acids is 2. The highest BCUT2D eigenvalue weighted by Crippen LogP contribution is 2.44. The number of carboxylic acid groups (broad SMARTS) is 1. The van der Waals surface area contributed by atoms with Gasteiger partial charge in [-0.1, -0.05) is 11.3 Å². The molecule has 4 rings (SSSR count). The molecule has 0 saturated carbocycles. The molecule has 1 heterocycles. The van der Waals surface area contributed by atoms with Gasteiger partial charge in [-0.15, -0.1) is 0 Å². The number of carbonyl (C=O) groups is 2. The molecule has 0 fully saturated rings. The van der Waals surface area contributed by atoms with Gasteiger partial charge in [0.1, 0.15) is 13.1 Å². The van der Waals surface area contributed by atoms with Gasteiger partial charge < -0.3 is 34.1 Å². The van der Waals surface area contributed by atoms with E-state index in [2.05, 4.69) is 4.98 Å². The number of aliphatic hydroxyl groups excluding tert-OH is 2. The average molecular weight is 608 g/mol. The molecular formula is C29H35F2N3O7S. The number of likely N-dealkylation sites (N-methyl/N-ethyl adjacent to an activating group) is 1. The van der Waals surface area contributed by atoms with Crippen LogP contribution >= 0.6 is 11.3 Å². The molecule has 0 aliphatic heterocycles. The van der Waals surface area contributed by atoms with E-state index in [-0.39, 0.29) is 26.1 Å². The third-order valence-electron chi connectivity index (χ3n) is 7.87. The summed E-state index contributed by atoms with van der Waals surface area (Å²) in [5, 5.41) is 30.7. The van der Waals surface area contributed by atoms with Crippen molar-refractivity contribution in [3.05, 3.63) is 47.0 Å². The third kappa shape index (κ3) is 6.64. The van der Waals surface area contributed by atoms with E-state index >= 15 is 0 Å². The lowest BCUT2D eigenvalue weighted by atomic mass is 9.80. The van der Waals surface area contributed by atoms with Gasteiger partial charge >= 0.3 is 0 Å². The van der Waals surface area contributed by atoms with Crippen LogP contribution in [-0.4, -0.2) is 92.2 Å². The lowest BCUT2D eigenvalue weighted by molar-refractivity contribution is -0.910. The minimum Gasteiger partial charge on any atom is -0.550 e. The molecule has 1 aromatic heterocycles. The van der Waals surface area contributed by atoms with Crippen LogP contribution in [0.3, 0.4) is 0 Å². The van der Waals surface area contributed by atoms with Gasteiger partial charge in [0.25, 0.3) is 0 Å². The number of nitrogens with zero attached hydrogens (tertiary/aromatic N) is 3. The molecule has 0 unspecified atom stereocenters. The van der Waals surface area contributed by atoms with Gasteiger partial charge in [0.2, 0.25) is 5.91 Å². The number of methoxy groups -OCH3 is 1. The highest BCUT2D eigenvalue weighted by Gasteiger charge is 2.46. The molecule has 0 saturated heterocycles. The molecule has 0 atom stereocenters. The third-order valence-corrected chi connectivity index (χ3v) is 8.96. The highest BCUT2D eigenvalue weighted by molar-refractivity contribution is 7.22. The van der Waals surface area contributed by atoms with Crippen molar-refractivity contribution in [1.82, 2.24) is 4.98 Å². The Hall–Kier alpha value is -3.39. The maximum Gasteiger partial charge on any atom is 0.235 e. The van der Waals surface area contributed by atoms with Gasteiger partial charge in [0, 0.05) is 38.0 Å². The average Bonchev–Trinajstić information content (AvgIpc) is 3.50. The number of aliphatic hydroxyl groups is 2. The van der Waals surface area contributed by atoms with Gasteiger partial charge in [0.15, 0.2) is 28.3 Å². The molecular weight excluding hydrogens is 572 g/mol. The minimum absolute atomic E-state index is 0.0172. The van der Waals surface area contributed by atoms with Crippen LogP contribution in [0.15, 0.2) is 24.3 Å². The Morgan fingerprint density at radius 2 is 1.69 bits per heavy atom. The number of ether oxygens (including phenoxy) is 2. The first-order valence-electron chi connectivity index (χ1n) is 13.6. The fourth-order valence-corrected chi connectivity index (χ4v) is 6.54. The molecule has 1 aliphatic rings. The van der Waals surface area contributed by atoms with Crippen LogP contribution in [0.25, 0.3) is 10.2 Å². The van der Waals surface area contributed by atoms with Crippen molar-refractivity contribution < 1.29 is 47.6 Å². The highest BCUT2D eigenvalue weighted by atomic mass is 32.1. The van der Waals surface area contributed by atoms with Crippen LogP contribution in [0.5, 0.6) is 11.5 Å². The zero-order valence-electron chi connectivity index (χ0n) is 23.8.